The molecule has 4 heteroatoms. The average molecular weight is 289 g/mol. The first-order valence-electron chi connectivity index (χ1n) is 7.57. The molecule has 2 N–H and O–H groups in total. The molecule has 3 nitrogen and oxygen atoms in total. The van der Waals surface area contributed by atoms with Gasteiger partial charge in [-0.1, -0.05) is 24.6 Å². The summed E-state index contributed by atoms with van der Waals surface area (Å²) in [4.78, 5) is 2.58. The molecule has 20 heavy (non-hydrogen) atoms. The Morgan fingerprint density at radius 1 is 1.15 bits per heavy atom. The molecule has 1 aromatic carbocycles. The number of para-hydroxylation sites is 1. The van der Waals surface area contributed by atoms with Gasteiger partial charge in [-0.25, -0.2) is 0 Å². The van der Waals surface area contributed by atoms with Gasteiger partial charge in [0.05, 0.1) is 0 Å². The largest absolute Gasteiger partial charge is 0.360 e. The maximum Gasteiger partial charge on any atom is 0.170 e. The Morgan fingerprint density at radius 2 is 1.80 bits per heavy atom. The number of nitrogens with zero attached hydrogens (tertiary/aromatic N) is 1. The molecule has 2 atom stereocenters. The Kier molecular flexibility index (Phi) is 4.22. The van der Waals surface area contributed by atoms with Crippen LogP contribution in [0.15, 0.2) is 30.3 Å². The van der Waals surface area contributed by atoms with Crippen molar-refractivity contribution in [3.63, 3.8) is 0 Å². The van der Waals surface area contributed by atoms with Gasteiger partial charge >= 0.3 is 0 Å². The summed E-state index contributed by atoms with van der Waals surface area (Å²) in [5, 5.41) is 7.54. The van der Waals surface area contributed by atoms with Crippen LogP contribution in [0.3, 0.4) is 0 Å². The lowest BCUT2D eigenvalue weighted by Crippen LogP contribution is -2.55. The molecule has 0 aliphatic carbocycles. The first kappa shape index (κ1) is 13.8. The summed E-state index contributed by atoms with van der Waals surface area (Å²) in [6.07, 6.45) is 6.49. The van der Waals surface area contributed by atoms with Crippen LogP contribution >= 0.6 is 12.2 Å². The van der Waals surface area contributed by atoms with E-state index in [0.717, 1.165) is 22.9 Å². The fourth-order valence-electron chi connectivity index (χ4n) is 3.61. The van der Waals surface area contributed by atoms with Crippen LogP contribution in [0.25, 0.3) is 0 Å². The minimum absolute atomic E-state index is 0.519. The van der Waals surface area contributed by atoms with Crippen LogP contribution in [0.1, 0.15) is 32.1 Å². The molecule has 2 bridgehead atoms. The summed E-state index contributed by atoms with van der Waals surface area (Å²) >= 11 is 5.44. The summed E-state index contributed by atoms with van der Waals surface area (Å²) in [6, 6.07) is 12.1. The normalized spacial score (nSPS) is 29.8. The number of piperidine rings is 2. The van der Waals surface area contributed by atoms with Gasteiger partial charge in [0.25, 0.3) is 0 Å². The predicted octanol–water partition coefficient (Wildman–Crippen LogP) is 2.99. The van der Waals surface area contributed by atoms with Crippen molar-refractivity contribution in [3.05, 3.63) is 30.3 Å². The Bertz CT molecular complexity index is 448. The molecular weight excluding hydrogens is 266 g/mol. The van der Waals surface area contributed by atoms with E-state index >= 15 is 0 Å². The number of thiocarbonyl (C=S) groups is 1. The van der Waals surface area contributed by atoms with E-state index in [0.29, 0.717) is 6.04 Å². The molecule has 3 rings (SSSR count). The first-order chi connectivity index (χ1) is 9.72. The summed E-state index contributed by atoms with van der Waals surface area (Å²) in [7, 11) is 2.28. The molecule has 0 amide bonds. The lowest BCUT2D eigenvalue weighted by atomic mass is 9.82. The van der Waals surface area contributed by atoms with Crippen molar-refractivity contribution in [2.45, 2.75) is 50.2 Å². The van der Waals surface area contributed by atoms with E-state index in [2.05, 4.69) is 22.6 Å². The van der Waals surface area contributed by atoms with E-state index in [4.69, 9.17) is 12.2 Å². The van der Waals surface area contributed by atoms with Crippen LogP contribution in [-0.4, -0.2) is 35.2 Å². The number of fused-ring (bicyclic) bond motifs is 2. The van der Waals surface area contributed by atoms with E-state index in [9.17, 15) is 0 Å². The van der Waals surface area contributed by atoms with Crippen LogP contribution in [0, 0.1) is 0 Å². The standard InChI is InChI=1S/C16H23N3S/c1-19-14-8-5-9-15(19)11-13(10-14)18-16(20)17-12-6-3-2-4-7-12/h2-4,6-7,13-15H,5,8-11H2,1H3,(H2,17,18,20). The maximum atomic E-state index is 5.44. The Labute approximate surface area is 126 Å². The quantitative estimate of drug-likeness (QED) is 0.819. The molecule has 0 saturated carbocycles. The highest BCUT2D eigenvalue weighted by molar-refractivity contribution is 7.80. The zero-order chi connectivity index (χ0) is 13.9. The smallest absolute Gasteiger partial charge is 0.170 e. The monoisotopic (exact) mass is 289 g/mol. The summed E-state index contributed by atoms with van der Waals surface area (Å²) in [6.45, 7) is 0. The number of nitrogens with one attached hydrogen (secondary N) is 2. The number of anilines is 1. The van der Waals surface area contributed by atoms with Crippen LogP contribution in [0.4, 0.5) is 5.69 Å². The van der Waals surface area contributed by atoms with Crippen molar-refractivity contribution in [2.24, 2.45) is 0 Å². The van der Waals surface area contributed by atoms with Crippen LogP contribution in [0.2, 0.25) is 0 Å². The van der Waals surface area contributed by atoms with Crippen LogP contribution < -0.4 is 10.6 Å². The molecule has 2 fully saturated rings. The average Bonchev–Trinajstić information content (AvgIpc) is 2.41. The Balaban J connectivity index is 1.54. The third-order valence-electron chi connectivity index (χ3n) is 4.71. The summed E-state index contributed by atoms with van der Waals surface area (Å²) < 4.78 is 0. The number of hydrogen-bond donors (Lipinski definition) is 2. The molecule has 2 heterocycles. The second-order valence-corrected chi connectivity index (χ2v) is 6.45. The second kappa shape index (κ2) is 6.10. The SMILES string of the molecule is CN1C2CCCC1CC(NC(=S)Nc1ccccc1)C2. The summed E-state index contributed by atoms with van der Waals surface area (Å²) in [5.74, 6) is 0. The molecule has 0 radical (unpaired) electrons. The Morgan fingerprint density at radius 3 is 2.45 bits per heavy atom. The molecule has 2 unspecified atom stereocenters. The fraction of sp³-hybridized carbons (Fsp3) is 0.562. The first-order valence-corrected chi connectivity index (χ1v) is 7.97. The third-order valence-corrected chi connectivity index (χ3v) is 4.93. The number of benzene rings is 1. The molecule has 108 valence electrons. The van der Waals surface area contributed by atoms with E-state index in [1.165, 1.54) is 32.1 Å². The van der Waals surface area contributed by atoms with Gasteiger partial charge in [-0.15, -0.1) is 0 Å². The highest BCUT2D eigenvalue weighted by Crippen LogP contribution is 2.32. The summed E-state index contributed by atoms with van der Waals surface area (Å²) in [5.41, 5.74) is 1.05. The Hall–Kier alpha value is -1.13. The molecular formula is C16H23N3S. The van der Waals surface area contributed by atoms with E-state index in [1.54, 1.807) is 0 Å². The van der Waals surface area contributed by atoms with Crippen molar-refractivity contribution in [3.8, 4) is 0 Å². The fourth-order valence-corrected chi connectivity index (χ4v) is 3.89. The molecule has 2 aliphatic heterocycles. The van der Waals surface area contributed by atoms with Crippen molar-refractivity contribution in [1.29, 1.82) is 0 Å². The van der Waals surface area contributed by atoms with Crippen molar-refractivity contribution < 1.29 is 0 Å². The van der Waals surface area contributed by atoms with Gasteiger partial charge in [-0.2, -0.15) is 0 Å². The number of hydrogen-bond acceptors (Lipinski definition) is 2. The van der Waals surface area contributed by atoms with E-state index < -0.39 is 0 Å². The van der Waals surface area contributed by atoms with Gasteiger partial charge < -0.3 is 15.5 Å². The molecule has 1 aromatic rings. The second-order valence-electron chi connectivity index (χ2n) is 6.04. The van der Waals surface area contributed by atoms with Crippen molar-refractivity contribution in [1.82, 2.24) is 10.2 Å². The molecule has 2 saturated heterocycles. The van der Waals surface area contributed by atoms with Crippen molar-refractivity contribution >= 4 is 23.0 Å². The zero-order valence-corrected chi connectivity index (χ0v) is 12.8. The van der Waals surface area contributed by atoms with E-state index in [-0.39, 0.29) is 0 Å². The highest BCUT2D eigenvalue weighted by atomic mass is 32.1. The van der Waals surface area contributed by atoms with Crippen molar-refractivity contribution in [2.75, 3.05) is 12.4 Å². The van der Waals surface area contributed by atoms with Crippen LogP contribution in [0.5, 0.6) is 0 Å². The number of rotatable bonds is 2. The van der Waals surface area contributed by atoms with Gasteiger partial charge in [0, 0.05) is 23.8 Å². The third kappa shape index (κ3) is 3.13. The van der Waals surface area contributed by atoms with Gasteiger partial charge in [0.2, 0.25) is 0 Å². The van der Waals surface area contributed by atoms with Gasteiger partial charge in [0.15, 0.2) is 5.11 Å². The molecule has 2 aliphatic rings. The molecule has 0 aromatic heterocycles. The molecule has 0 spiro atoms. The maximum absolute atomic E-state index is 5.44. The van der Waals surface area contributed by atoms with Crippen LogP contribution in [-0.2, 0) is 0 Å². The van der Waals surface area contributed by atoms with E-state index in [1.807, 2.05) is 30.3 Å². The lowest BCUT2D eigenvalue weighted by Gasteiger charge is -2.47. The zero-order valence-electron chi connectivity index (χ0n) is 12.0. The van der Waals surface area contributed by atoms with Gasteiger partial charge in [-0.05, 0) is 57.1 Å². The lowest BCUT2D eigenvalue weighted by molar-refractivity contribution is 0.0530. The minimum Gasteiger partial charge on any atom is -0.360 e. The van der Waals surface area contributed by atoms with Gasteiger partial charge in [-0.3, -0.25) is 0 Å². The topological polar surface area (TPSA) is 27.3 Å². The highest BCUT2D eigenvalue weighted by Gasteiger charge is 2.35. The predicted molar refractivity (Wildman–Crippen MR) is 88.0 cm³/mol. The van der Waals surface area contributed by atoms with Gasteiger partial charge in [0.1, 0.15) is 0 Å². The minimum atomic E-state index is 0.519.